The molecule has 2 heterocycles. The Balaban J connectivity index is 1.85. The number of nitrogens with one attached hydrogen (secondary N) is 1. The zero-order valence-electron chi connectivity index (χ0n) is 11.3. The monoisotopic (exact) mass is 263 g/mol. The molecule has 7 heteroatoms. The average molecular weight is 263 g/mol. The molecule has 2 aromatic rings. The first kappa shape index (κ1) is 13.3. The smallest absolute Gasteiger partial charge is 0.222 e. The number of carbonyl (C=O) groups excluding carboxylic acids is 1. The van der Waals surface area contributed by atoms with E-state index in [1.807, 2.05) is 24.6 Å². The number of aromatic nitrogens is 4. The van der Waals surface area contributed by atoms with Crippen molar-refractivity contribution in [3.8, 4) is 0 Å². The molecule has 2 rings (SSSR count). The van der Waals surface area contributed by atoms with E-state index in [1.54, 1.807) is 13.1 Å². The summed E-state index contributed by atoms with van der Waals surface area (Å²) < 4.78 is 6.54. The van der Waals surface area contributed by atoms with Gasteiger partial charge >= 0.3 is 0 Å². The predicted octanol–water partition coefficient (Wildman–Crippen LogP) is 1.15. The van der Waals surface area contributed by atoms with Gasteiger partial charge in [-0.2, -0.15) is 0 Å². The average Bonchev–Trinajstić information content (AvgIpc) is 2.95. The van der Waals surface area contributed by atoms with Crippen molar-refractivity contribution in [2.75, 3.05) is 0 Å². The molecule has 102 valence electrons. The Bertz CT molecular complexity index is 560. The number of imidazole rings is 1. The summed E-state index contributed by atoms with van der Waals surface area (Å²) in [6, 6.07) is 0.0685. The Labute approximate surface area is 111 Å². The fraction of sp³-hybridized carbons (Fsp3) is 0.500. The molecule has 0 aliphatic heterocycles. The molecule has 7 nitrogen and oxygen atoms in total. The molecule has 0 aliphatic carbocycles. The summed E-state index contributed by atoms with van der Waals surface area (Å²) in [5, 5.41) is 10.2. The van der Waals surface area contributed by atoms with Gasteiger partial charge in [-0.25, -0.2) is 9.61 Å². The minimum Gasteiger partial charge on any atom is -0.350 e. The number of hydrogen-bond donors (Lipinski definition) is 1. The molecule has 0 saturated heterocycles. The van der Waals surface area contributed by atoms with Crippen LogP contribution >= 0.6 is 0 Å². The Hall–Kier alpha value is -2.18. The molecule has 1 N–H and O–H groups in total. The topological polar surface area (TPSA) is 85.8 Å². The van der Waals surface area contributed by atoms with Gasteiger partial charge < -0.3 is 9.88 Å². The highest BCUT2D eigenvalue weighted by atomic mass is 16.6. The second-order valence-corrected chi connectivity index (χ2v) is 4.51. The van der Waals surface area contributed by atoms with Crippen LogP contribution in [-0.4, -0.2) is 25.8 Å². The maximum atomic E-state index is 11.8. The van der Waals surface area contributed by atoms with E-state index in [-0.39, 0.29) is 11.9 Å². The minimum atomic E-state index is -0.0389. The van der Waals surface area contributed by atoms with Crippen LogP contribution in [0, 0.1) is 13.8 Å². The number of nitrogens with zero attached hydrogens (tertiary/aromatic N) is 4. The van der Waals surface area contributed by atoms with E-state index >= 15 is 0 Å². The van der Waals surface area contributed by atoms with Crippen LogP contribution in [0.2, 0.25) is 0 Å². The third kappa shape index (κ3) is 3.18. The highest BCUT2D eigenvalue weighted by Gasteiger charge is 2.13. The van der Waals surface area contributed by atoms with E-state index in [1.165, 1.54) is 0 Å². The summed E-state index contributed by atoms with van der Waals surface area (Å²) in [5.41, 5.74) is 1.35. The van der Waals surface area contributed by atoms with Crippen LogP contribution in [0.5, 0.6) is 0 Å². The summed E-state index contributed by atoms with van der Waals surface area (Å²) in [4.78, 5) is 16.0. The molecular formula is C12H17N5O2. The molecule has 2 aromatic heterocycles. The van der Waals surface area contributed by atoms with E-state index in [0.29, 0.717) is 24.4 Å². The number of rotatable bonds is 5. The predicted molar refractivity (Wildman–Crippen MR) is 67.2 cm³/mol. The lowest BCUT2D eigenvalue weighted by molar-refractivity contribution is -0.121. The van der Waals surface area contributed by atoms with Gasteiger partial charge in [0.2, 0.25) is 5.91 Å². The molecule has 0 fully saturated rings. The summed E-state index contributed by atoms with van der Waals surface area (Å²) in [6.45, 7) is 6.02. The van der Waals surface area contributed by atoms with Crippen molar-refractivity contribution in [3.05, 3.63) is 29.6 Å². The third-order valence-electron chi connectivity index (χ3n) is 3.02. The SMILES string of the molecule is Cc1nonc1CNC(=O)C[C@H](C)n1ccnc1C. The Kier molecular flexibility index (Phi) is 3.94. The third-order valence-corrected chi connectivity index (χ3v) is 3.02. The molecule has 0 radical (unpaired) electrons. The quantitative estimate of drug-likeness (QED) is 0.874. The summed E-state index contributed by atoms with van der Waals surface area (Å²) >= 11 is 0. The molecule has 0 spiro atoms. The van der Waals surface area contributed by atoms with Crippen molar-refractivity contribution in [1.29, 1.82) is 0 Å². The molecule has 0 unspecified atom stereocenters. The van der Waals surface area contributed by atoms with Crippen molar-refractivity contribution in [2.45, 2.75) is 39.8 Å². The van der Waals surface area contributed by atoms with Crippen LogP contribution in [0.3, 0.4) is 0 Å². The van der Waals surface area contributed by atoms with Crippen molar-refractivity contribution in [3.63, 3.8) is 0 Å². The second-order valence-electron chi connectivity index (χ2n) is 4.51. The van der Waals surface area contributed by atoms with Crippen molar-refractivity contribution >= 4 is 5.91 Å². The van der Waals surface area contributed by atoms with Gasteiger partial charge in [0.1, 0.15) is 17.2 Å². The van der Waals surface area contributed by atoms with Gasteiger partial charge in [0.15, 0.2) is 0 Å². The number of hydrogen-bond acceptors (Lipinski definition) is 5. The first-order valence-electron chi connectivity index (χ1n) is 6.12. The number of aryl methyl sites for hydroxylation is 2. The van der Waals surface area contributed by atoms with Gasteiger partial charge in [-0.1, -0.05) is 10.3 Å². The molecule has 0 saturated carbocycles. The van der Waals surface area contributed by atoms with Gasteiger partial charge in [-0.15, -0.1) is 0 Å². The van der Waals surface area contributed by atoms with E-state index in [9.17, 15) is 4.79 Å². The maximum Gasteiger partial charge on any atom is 0.222 e. The fourth-order valence-electron chi connectivity index (χ4n) is 1.88. The van der Waals surface area contributed by atoms with Gasteiger partial charge in [-0.3, -0.25) is 4.79 Å². The number of amides is 1. The summed E-state index contributed by atoms with van der Waals surface area (Å²) in [6.07, 6.45) is 3.99. The second kappa shape index (κ2) is 5.64. The zero-order valence-corrected chi connectivity index (χ0v) is 11.3. The van der Waals surface area contributed by atoms with Crippen molar-refractivity contribution < 1.29 is 9.42 Å². The van der Waals surface area contributed by atoms with Gasteiger partial charge in [0.25, 0.3) is 0 Å². The van der Waals surface area contributed by atoms with Gasteiger partial charge in [0.05, 0.1) is 6.54 Å². The summed E-state index contributed by atoms with van der Waals surface area (Å²) in [5.74, 6) is 0.861. The van der Waals surface area contributed by atoms with E-state index in [0.717, 1.165) is 5.82 Å². The molecule has 1 atom stereocenters. The first-order valence-corrected chi connectivity index (χ1v) is 6.12. The van der Waals surface area contributed by atoms with Crippen molar-refractivity contribution in [2.24, 2.45) is 0 Å². The van der Waals surface area contributed by atoms with Crippen LogP contribution in [-0.2, 0) is 11.3 Å². The van der Waals surface area contributed by atoms with Crippen LogP contribution in [0.15, 0.2) is 17.0 Å². The highest BCUT2D eigenvalue weighted by molar-refractivity contribution is 5.76. The summed E-state index contributed by atoms with van der Waals surface area (Å²) in [7, 11) is 0. The van der Waals surface area contributed by atoms with Crippen LogP contribution < -0.4 is 5.32 Å². The molecule has 0 aliphatic rings. The number of carbonyl (C=O) groups is 1. The van der Waals surface area contributed by atoms with Crippen LogP contribution in [0.1, 0.15) is 36.6 Å². The largest absolute Gasteiger partial charge is 0.350 e. The Morgan fingerprint density at radius 2 is 2.26 bits per heavy atom. The van der Waals surface area contributed by atoms with E-state index in [4.69, 9.17) is 0 Å². The molecule has 1 amide bonds. The van der Waals surface area contributed by atoms with Crippen LogP contribution in [0.4, 0.5) is 0 Å². The lowest BCUT2D eigenvalue weighted by atomic mass is 10.2. The lowest BCUT2D eigenvalue weighted by Gasteiger charge is -2.14. The Morgan fingerprint density at radius 3 is 2.84 bits per heavy atom. The van der Waals surface area contributed by atoms with Gasteiger partial charge in [-0.05, 0) is 20.8 Å². The standard InChI is InChI=1S/C12H17N5O2/c1-8(17-5-4-13-10(17)3)6-12(18)14-7-11-9(2)15-19-16-11/h4-5,8H,6-7H2,1-3H3,(H,14,18)/t8-/m0/s1. The fourth-order valence-corrected chi connectivity index (χ4v) is 1.88. The minimum absolute atomic E-state index is 0.0389. The maximum absolute atomic E-state index is 11.8. The normalized spacial score (nSPS) is 12.4. The van der Waals surface area contributed by atoms with Crippen molar-refractivity contribution in [1.82, 2.24) is 25.2 Å². The molecule has 19 heavy (non-hydrogen) atoms. The van der Waals surface area contributed by atoms with E-state index in [2.05, 4.69) is 25.2 Å². The van der Waals surface area contributed by atoms with Crippen LogP contribution in [0.25, 0.3) is 0 Å². The Morgan fingerprint density at radius 1 is 1.47 bits per heavy atom. The van der Waals surface area contributed by atoms with Gasteiger partial charge in [0, 0.05) is 24.9 Å². The lowest BCUT2D eigenvalue weighted by Crippen LogP contribution is -2.26. The zero-order chi connectivity index (χ0) is 13.8. The molecule has 0 bridgehead atoms. The highest BCUT2D eigenvalue weighted by Crippen LogP contribution is 2.12. The molecular weight excluding hydrogens is 246 g/mol. The van der Waals surface area contributed by atoms with E-state index < -0.39 is 0 Å². The molecule has 0 aromatic carbocycles. The first-order chi connectivity index (χ1) is 9.08.